The summed E-state index contributed by atoms with van der Waals surface area (Å²) in [5.74, 6) is -1.19. The third-order valence-corrected chi connectivity index (χ3v) is 3.66. The number of nitrogens with zero attached hydrogens (tertiary/aromatic N) is 2. The Labute approximate surface area is 137 Å². The van der Waals surface area contributed by atoms with Gasteiger partial charge in [-0.25, -0.2) is 8.78 Å². The second-order valence-electron chi connectivity index (χ2n) is 5.16. The maximum atomic E-state index is 14.5. The second kappa shape index (κ2) is 6.32. The molecule has 0 N–H and O–H groups in total. The molecule has 0 aliphatic carbocycles. The molecule has 2 nitrogen and oxygen atoms in total. The number of nitriles is 2. The summed E-state index contributed by atoms with van der Waals surface area (Å²) in [7, 11) is 0. The molecule has 0 aliphatic rings. The van der Waals surface area contributed by atoms with Gasteiger partial charge >= 0.3 is 0 Å². The standard InChI is InChI=1S/C20H10F2N2/c21-17-7-8-18(22)20(16-6-2-4-14(10-16)12-24)19(17)15-5-1-3-13(9-15)11-23/h1-10H. The van der Waals surface area contributed by atoms with Crippen molar-refractivity contribution in [3.63, 3.8) is 0 Å². The number of benzene rings is 3. The summed E-state index contributed by atoms with van der Waals surface area (Å²) in [4.78, 5) is 0. The van der Waals surface area contributed by atoms with E-state index in [1.54, 1.807) is 36.4 Å². The molecule has 0 fully saturated rings. The van der Waals surface area contributed by atoms with Crippen LogP contribution in [0.25, 0.3) is 22.3 Å². The zero-order valence-electron chi connectivity index (χ0n) is 12.4. The van der Waals surface area contributed by atoms with Crippen LogP contribution in [0, 0.1) is 34.3 Å². The van der Waals surface area contributed by atoms with Crippen LogP contribution in [0.3, 0.4) is 0 Å². The van der Waals surface area contributed by atoms with Gasteiger partial charge in [0.15, 0.2) is 0 Å². The summed E-state index contributed by atoms with van der Waals surface area (Å²) in [6.45, 7) is 0. The second-order valence-corrected chi connectivity index (χ2v) is 5.16. The van der Waals surface area contributed by atoms with Crippen molar-refractivity contribution in [1.29, 1.82) is 10.5 Å². The minimum Gasteiger partial charge on any atom is -0.206 e. The van der Waals surface area contributed by atoms with Gasteiger partial charge in [-0.15, -0.1) is 0 Å². The molecule has 0 radical (unpaired) electrons. The average molecular weight is 316 g/mol. The Morgan fingerprint density at radius 1 is 0.625 bits per heavy atom. The van der Waals surface area contributed by atoms with Crippen molar-refractivity contribution in [3.05, 3.63) is 83.4 Å². The maximum absolute atomic E-state index is 14.5. The average Bonchev–Trinajstić information content (AvgIpc) is 2.63. The predicted molar refractivity (Wildman–Crippen MR) is 86.7 cm³/mol. The van der Waals surface area contributed by atoms with Gasteiger partial charge in [-0.3, -0.25) is 0 Å². The van der Waals surface area contributed by atoms with Gasteiger partial charge in [-0.2, -0.15) is 10.5 Å². The molecule has 4 heteroatoms. The van der Waals surface area contributed by atoms with E-state index in [0.717, 1.165) is 12.1 Å². The van der Waals surface area contributed by atoms with Crippen LogP contribution in [0.1, 0.15) is 11.1 Å². The zero-order valence-corrected chi connectivity index (χ0v) is 12.4. The van der Waals surface area contributed by atoms with Crippen molar-refractivity contribution < 1.29 is 8.78 Å². The molecule has 0 spiro atoms. The molecule has 0 saturated carbocycles. The van der Waals surface area contributed by atoms with Gasteiger partial charge in [-0.05, 0) is 47.5 Å². The monoisotopic (exact) mass is 316 g/mol. The van der Waals surface area contributed by atoms with E-state index in [-0.39, 0.29) is 11.1 Å². The summed E-state index contributed by atoms with van der Waals surface area (Å²) in [5, 5.41) is 18.1. The number of hydrogen-bond acceptors (Lipinski definition) is 2. The molecule has 0 bridgehead atoms. The molecule has 0 aromatic heterocycles. The van der Waals surface area contributed by atoms with Crippen LogP contribution >= 0.6 is 0 Å². The highest BCUT2D eigenvalue weighted by molar-refractivity contribution is 5.85. The third-order valence-electron chi connectivity index (χ3n) is 3.66. The van der Waals surface area contributed by atoms with Gasteiger partial charge in [0.1, 0.15) is 11.6 Å². The Morgan fingerprint density at radius 3 is 1.42 bits per heavy atom. The van der Waals surface area contributed by atoms with Crippen LogP contribution in [0.5, 0.6) is 0 Å². The lowest BCUT2D eigenvalue weighted by atomic mass is 9.92. The fraction of sp³-hybridized carbons (Fsp3) is 0. The molecule has 3 aromatic rings. The highest BCUT2D eigenvalue weighted by Gasteiger charge is 2.18. The SMILES string of the molecule is N#Cc1cccc(-c2c(F)ccc(F)c2-c2cccc(C#N)c2)c1. The minimum absolute atomic E-state index is 0.0715. The first kappa shape index (κ1) is 15.4. The maximum Gasteiger partial charge on any atom is 0.131 e. The largest absolute Gasteiger partial charge is 0.206 e. The van der Waals surface area contributed by atoms with Gasteiger partial charge in [0, 0.05) is 11.1 Å². The molecule has 0 saturated heterocycles. The molecule has 0 amide bonds. The van der Waals surface area contributed by atoms with Gasteiger partial charge in [0.05, 0.1) is 23.3 Å². The van der Waals surface area contributed by atoms with E-state index in [2.05, 4.69) is 0 Å². The summed E-state index contributed by atoms with van der Waals surface area (Å²) < 4.78 is 29.0. The van der Waals surface area contributed by atoms with Crippen molar-refractivity contribution in [2.75, 3.05) is 0 Å². The lowest BCUT2D eigenvalue weighted by Crippen LogP contribution is -1.95. The minimum atomic E-state index is -0.594. The van der Waals surface area contributed by atoms with Crippen molar-refractivity contribution in [3.8, 4) is 34.4 Å². The number of hydrogen-bond donors (Lipinski definition) is 0. The molecule has 114 valence electrons. The van der Waals surface area contributed by atoms with Gasteiger partial charge in [0.25, 0.3) is 0 Å². The molecular formula is C20H10F2N2. The zero-order chi connectivity index (χ0) is 17.1. The van der Waals surface area contributed by atoms with Crippen LogP contribution in [0.2, 0.25) is 0 Å². The molecule has 3 aromatic carbocycles. The van der Waals surface area contributed by atoms with Crippen LogP contribution in [-0.4, -0.2) is 0 Å². The van der Waals surface area contributed by atoms with Crippen molar-refractivity contribution in [2.45, 2.75) is 0 Å². The number of halogens is 2. The van der Waals surface area contributed by atoms with Crippen LogP contribution in [-0.2, 0) is 0 Å². The van der Waals surface area contributed by atoms with E-state index in [0.29, 0.717) is 22.3 Å². The van der Waals surface area contributed by atoms with Gasteiger partial charge < -0.3 is 0 Å². The van der Waals surface area contributed by atoms with Gasteiger partial charge in [-0.1, -0.05) is 24.3 Å². The Hall–Kier alpha value is -3.50. The summed E-state index contributed by atoms with van der Waals surface area (Å²) >= 11 is 0. The fourth-order valence-corrected chi connectivity index (χ4v) is 2.60. The topological polar surface area (TPSA) is 47.6 Å². The Morgan fingerprint density at radius 2 is 1.04 bits per heavy atom. The Kier molecular flexibility index (Phi) is 4.05. The third kappa shape index (κ3) is 2.74. The molecule has 3 rings (SSSR count). The highest BCUT2D eigenvalue weighted by atomic mass is 19.1. The Bertz CT molecular complexity index is 928. The first-order valence-electron chi connectivity index (χ1n) is 7.13. The molecular weight excluding hydrogens is 306 g/mol. The predicted octanol–water partition coefficient (Wildman–Crippen LogP) is 5.04. The summed E-state index contributed by atoms with van der Waals surface area (Å²) in [5.41, 5.74) is 1.66. The lowest BCUT2D eigenvalue weighted by molar-refractivity contribution is 0.606. The molecule has 0 atom stereocenters. The number of rotatable bonds is 2. The Balaban J connectivity index is 2.32. The van der Waals surface area contributed by atoms with Crippen LogP contribution < -0.4 is 0 Å². The van der Waals surface area contributed by atoms with E-state index < -0.39 is 11.6 Å². The van der Waals surface area contributed by atoms with E-state index in [1.165, 1.54) is 12.1 Å². The smallest absolute Gasteiger partial charge is 0.131 e. The first-order chi connectivity index (χ1) is 11.6. The lowest BCUT2D eigenvalue weighted by Gasteiger charge is -2.13. The van der Waals surface area contributed by atoms with Crippen molar-refractivity contribution >= 4 is 0 Å². The van der Waals surface area contributed by atoms with E-state index in [4.69, 9.17) is 10.5 Å². The molecule has 0 heterocycles. The summed E-state index contributed by atoms with van der Waals surface area (Å²) in [6.07, 6.45) is 0. The van der Waals surface area contributed by atoms with E-state index in [1.807, 2.05) is 12.1 Å². The quantitative estimate of drug-likeness (QED) is 0.665. The van der Waals surface area contributed by atoms with E-state index in [9.17, 15) is 8.78 Å². The van der Waals surface area contributed by atoms with Crippen molar-refractivity contribution in [1.82, 2.24) is 0 Å². The van der Waals surface area contributed by atoms with Gasteiger partial charge in [0.2, 0.25) is 0 Å². The summed E-state index contributed by atoms with van der Waals surface area (Å²) in [6, 6.07) is 18.8. The first-order valence-corrected chi connectivity index (χ1v) is 7.13. The molecule has 0 unspecified atom stereocenters. The van der Waals surface area contributed by atoms with Crippen LogP contribution in [0.4, 0.5) is 8.78 Å². The highest BCUT2D eigenvalue weighted by Crippen LogP contribution is 2.37. The normalized spacial score (nSPS) is 10.0. The van der Waals surface area contributed by atoms with E-state index >= 15 is 0 Å². The molecule has 24 heavy (non-hydrogen) atoms. The molecule has 0 aliphatic heterocycles. The van der Waals surface area contributed by atoms with Crippen LogP contribution in [0.15, 0.2) is 60.7 Å². The fourth-order valence-electron chi connectivity index (χ4n) is 2.60. The van der Waals surface area contributed by atoms with Crippen molar-refractivity contribution in [2.24, 2.45) is 0 Å².